The van der Waals surface area contributed by atoms with Crippen molar-refractivity contribution in [1.29, 1.82) is 0 Å². The fourth-order valence-electron chi connectivity index (χ4n) is 2.75. The predicted octanol–water partition coefficient (Wildman–Crippen LogP) is 2.52. The summed E-state index contributed by atoms with van der Waals surface area (Å²) in [5, 5.41) is 19.1. The fourth-order valence-corrected chi connectivity index (χ4v) is 2.75. The number of aliphatic hydroxyl groups is 2. The molecule has 0 spiro atoms. The summed E-state index contributed by atoms with van der Waals surface area (Å²) in [5.41, 5.74) is 1.75. The minimum Gasteiger partial charge on any atom is -0.497 e. The number of ether oxygens (including phenoxy) is 5. The zero-order valence-electron chi connectivity index (χ0n) is 17.0. The van der Waals surface area contributed by atoms with Gasteiger partial charge in [-0.05, 0) is 35.4 Å². The van der Waals surface area contributed by atoms with Crippen molar-refractivity contribution >= 4 is 0 Å². The number of methoxy groups -OCH3 is 2. The van der Waals surface area contributed by atoms with Gasteiger partial charge in [-0.2, -0.15) is 0 Å². The van der Waals surface area contributed by atoms with Gasteiger partial charge >= 0.3 is 0 Å². The zero-order valence-corrected chi connectivity index (χ0v) is 17.0. The molecule has 0 aliphatic carbocycles. The minimum atomic E-state index is -0.408. The second-order valence-electron chi connectivity index (χ2n) is 6.24. The van der Waals surface area contributed by atoms with Crippen LogP contribution in [-0.4, -0.2) is 64.1 Å². The van der Waals surface area contributed by atoms with Crippen molar-refractivity contribution in [3.8, 4) is 11.5 Å². The Hall–Kier alpha value is -2.16. The standard InChI is InChI=1S/C22H30O7/c1-25-19-7-3-17(4-8-19)21(15-23)28-13-11-27-12-14-29-22(16-24)18-5-9-20(26-2)10-6-18/h3-10,21-24H,11-16H2,1-2H3/t21-,22-/m1/s1. The molecule has 0 saturated carbocycles. The lowest BCUT2D eigenvalue weighted by atomic mass is 10.1. The highest BCUT2D eigenvalue weighted by Gasteiger charge is 2.12. The molecule has 0 aliphatic heterocycles. The van der Waals surface area contributed by atoms with Crippen molar-refractivity contribution in [1.82, 2.24) is 0 Å². The molecule has 2 N–H and O–H groups in total. The first-order chi connectivity index (χ1) is 14.2. The molecule has 7 heteroatoms. The molecule has 0 aliphatic rings. The average molecular weight is 406 g/mol. The summed E-state index contributed by atoms with van der Waals surface area (Å²) in [6.45, 7) is 1.22. The van der Waals surface area contributed by atoms with Crippen molar-refractivity contribution in [2.45, 2.75) is 12.2 Å². The van der Waals surface area contributed by atoms with Crippen LogP contribution in [0, 0.1) is 0 Å². The second-order valence-corrected chi connectivity index (χ2v) is 6.24. The Morgan fingerprint density at radius 3 is 1.31 bits per heavy atom. The summed E-state index contributed by atoms with van der Waals surface area (Å²) in [4.78, 5) is 0. The Balaban J connectivity index is 1.63. The molecule has 29 heavy (non-hydrogen) atoms. The van der Waals surface area contributed by atoms with Crippen LogP contribution in [0.2, 0.25) is 0 Å². The van der Waals surface area contributed by atoms with Gasteiger partial charge < -0.3 is 33.9 Å². The first kappa shape index (κ1) is 23.1. The topological polar surface area (TPSA) is 86.6 Å². The van der Waals surface area contributed by atoms with Crippen molar-refractivity contribution in [2.75, 3.05) is 53.9 Å². The van der Waals surface area contributed by atoms with Gasteiger partial charge in [0, 0.05) is 0 Å². The van der Waals surface area contributed by atoms with Crippen LogP contribution in [0.15, 0.2) is 48.5 Å². The number of benzene rings is 2. The van der Waals surface area contributed by atoms with E-state index in [-0.39, 0.29) is 13.2 Å². The van der Waals surface area contributed by atoms with E-state index in [2.05, 4.69) is 0 Å². The van der Waals surface area contributed by atoms with E-state index in [9.17, 15) is 10.2 Å². The largest absolute Gasteiger partial charge is 0.497 e. The van der Waals surface area contributed by atoms with Crippen LogP contribution >= 0.6 is 0 Å². The zero-order chi connectivity index (χ0) is 20.9. The van der Waals surface area contributed by atoms with Gasteiger partial charge in [0.05, 0.1) is 53.9 Å². The predicted molar refractivity (Wildman–Crippen MR) is 108 cm³/mol. The minimum absolute atomic E-state index is 0.116. The normalized spacial score (nSPS) is 13.1. The summed E-state index contributed by atoms with van der Waals surface area (Å²) in [7, 11) is 3.21. The summed E-state index contributed by atoms with van der Waals surface area (Å²) in [6, 6.07) is 14.8. The van der Waals surface area contributed by atoms with E-state index < -0.39 is 12.2 Å². The monoisotopic (exact) mass is 406 g/mol. The molecule has 0 radical (unpaired) electrons. The lowest BCUT2D eigenvalue weighted by Crippen LogP contribution is -2.16. The van der Waals surface area contributed by atoms with E-state index in [1.165, 1.54) is 0 Å². The van der Waals surface area contributed by atoms with Gasteiger partial charge in [0.1, 0.15) is 23.7 Å². The Labute approximate surface area is 171 Å². The molecule has 7 nitrogen and oxygen atoms in total. The van der Waals surface area contributed by atoms with Crippen LogP contribution < -0.4 is 9.47 Å². The summed E-state index contributed by atoms with van der Waals surface area (Å²) in [5.74, 6) is 1.51. The third-order valence-corrected chi connectivity index (χ3v) is 4.40. The van der Waals surface area contributed by atoms with E-state index >= 15 is 0 Å². The van der Waals surface area contributed by atoms with Gasteiger partial charge in [-0.3, -0.25) is 0 Å². The maximum absolute atomic E-state index is 9.53. The van der Waals surface area contributed by atoms with Gasteiger partial charge in [-0.25, -0.2) is 0 Å². The van der Waals surface area contributed by atoms with Gasteiger partial charge in [-0.1, -0.05) is 24.3 Å². The number of hydrogen-bond donors (Lipinski definition) is 2. The van der Waals surface area contributed by atoms with Gasteiger partial charge in [0.15, 0.2) is 0 Å². The molecule has 2 atom stereocenters. The maximum Gasteiger partial charge on any atom is 0.118 e. The third-order valence-electron chi connectivity index (χ3n) is 4.40. The quantitative estimate of drug-likeness (QED) is 0.466. The highest BCUT2D eigenvalue weighted by molar-refractivity contribution is 5.29. The molecule has 160 valence electrons. The summed E-state index contributed by atoms with van der Waals surface area (Å²) in [6.07, 6.45) is -0.816. The second kappa shape index (κ2) is 13.1. The van der Waals surface area contributed by atoms with E-state index in [1.807, 2.05) is 48.5 Å². The van der Waals surface area contributed by atoms with Crippen LogP contribution in [0.5, 0.6) is 11.5 Å². The molecule has 0 fully saturated rings. The fraction of sp³-hybridized carbons (Fsp3) is 0.455. The highest BCUT2D eigenvalue weighted by Crippen LogP contribution is 2.21. The van der Waals surface area contributed by atoms with Gasteiger partial charge in [0.2, 0.25) is 0 Å². The van der Waals surface area contributed by atoms with Crippen LogP contribution in [0.25, 0.3) is 0 Å². The highest BCUT2D eigenvalue weighted by atomic mass is 16.6. The van der Waals surface area contributed by atoms with Crippen LogP contribution in [0.3, 0.4) is 0 Å². The van der Waals surface area contributed by atoms with Crippen molar-refractivity contribution in [3.63, 3.8) is 0 Å². The lowest BCUT2D eigenvalue weighted by molar-refractivity contribution is -0.0464. The molecule has 2 aromatic carbocycles. The Morgan fingerprint density at radius 2 is 1.00 bits per heavy atom. The van der Waals surface area contributed by atoms with Gasteiger partial charge in [-0.15, -0.1) is 0 Å². The molecule has 0 heterocycles. The Morgan fingerprint density at radius 1 is 0.621 bits per heavy atom. The van der Waals surface area contributed by atoms with Crippen LogP contribution in [0.1, 0.15) is 23.3 Å². The van der Waals surface area contributed by atoms with E-state index in [0.29, 0.717) is 26.4 Å². The van der Waals surface area contributed by atoms with Crippen molar-refractivity contribution in [2.24, 2.45) is 0 Å². The molecular formula is C22H30O7. The molecule has 0 unspecified atom stereocenters. The van der Waals surface area contributed by atoms with Crippen molar-refractivity contribution < 1.29 is 33.9 Å². The molecular weight excluding hydrogens is 376 g/mol. The lowest BCUT2D eigenvalue weighted by Gasteiger charge is -2.17. The smallest absolute Gasteiger partial charge is 0.118 e. The van der Waals surface area contributed by atoms with E-state index in [1.54, 1.807) is 14.2 Å². The first-order valence-corrected chi connectivity index (χ1v) is 9.52. The summed E-state index contributed by atoms with van der Waals surface area (Å²) >= 11 is 0. The van der Waals surface area contributed by atoms with Crippen molar-refractivity contribution in [3.05, 3.63) is 59.7 Å². The molecule has 0 amide bonds. The molecule has 2 rings (SSSR count). The Kier molecular flexibility index (Phi) is 10.5. The number of rotatable bonds is 14. The maximum atomic E-state index is 9.53. The SMILES string of the molecule is COc1ccc([C@@H](CO)OCCOCCO[C@H](CO)c2ccc(OC)cc2)cc1. The number of aliphatic hydroxyl groups excluding tert-OH is 2. The summed E-state index contributed by atoms with van der Waals surface area (Å²) < 4.78 is 27.1. The van der Waals surface area contributed by atoms with Crippen LogP contribution in [0.4, 0.5) is 0 Å². The molecule has 0 saturated heterocycles. The van der Waals surface area contributed by atoms with Crippen LogP contribution in [-0.2, 0) is 14.2 Å². The Bertz CT molecular complexity index is 613. The van der Waals surface area contributed by atoms with Gasteiger partial charge in [0.25, 0.3) is 0 Å². The van der Waals surface area contributed by atoms with E-state index in [0.717, 1.165) is 22.6 Å². The average Bonchev–Trinajstić information content (AvgIpc) is 2.78. The molecule has 0 aromatic heterocycles. The molecule has 2 aromatic rings. The third kappa shape index (κ3) is 7.64. The number of hydrogen-bond acceptors (Lipinski definition) is 7. The first-order valence-electron chi connectivity index (χ1n) is 9.52. The molecule has 0 bridgehead atoms. The van der Waals surface area contributed by atoms with E-state index in [4.69, 9.17) is 23.7 Å².